The number of carbonyl (C=O) groups is 4. The molecule has 12 nitrogen and oxygen atoms in total. The number of esters is 2. The highest BCUT2D eigenvalue weighted by atomic mass is 33.1. The Hall–Kier alpha value is -2.94. The van der Waals surface area contributed by atoms with E-state index in [1.54, 1.807) is 22.0 Å². The number of hydrogen-bond donors (Lipinski definition) is 2. The second kappa shape index (κ2) is 14.5. The summed E-state index contributed by atoms with van der Waals surface area (Å²) >= 11 is 0. The van der Waals surface area contributed by atoms with Crippen LogP contribution in [0.25, 0.3) is 0 Å². The Labute approximate surface area is 288 Å². The summed E-state index contributed by atoms with van der Waals surface area (Å²) in [5.41, 5.74) is 1.27. The topological polar surface area (TPSA) is 152 Å². The molecule has 5 saturated heterocycles. The monoisotopic (exact) mass is 704 g/mol. The van der Waals surface area contributed by atoms with Gasteiger partial charge in [-0.25, -0.2) is 0 Å². The van der Waals surface area contributed by atoms with Gasteiger partial charge in [0.25, 0.3) is 11.8 Å². The van der Waals surface area contributed by atoms with Crippen molar-refractivity contribution in [2.24, 2.45) is 0 Å². The highest BCUT2D eigenvalue weighted by Gasteiger charge is 2.78. The molecule has 2 bridgehead atoms. The van der Waals surface area contributed by atoms with Crippen LogP contribution >= 0.6 is 21.6 Å². The molecule has 7 heterocycles. The summed E-state index contributed by atoms with van der Waals surface area (Å²) in [6.45, 7) is 4.13. The molecule has 0 radical (unpaired) electrons. The SMILES string of the molecule is CCCCC[C@H](O)CC(=O)O[C@H]1C=COC=C2C[C@@]34SS[C@]5(CC6=COC=C[C@H](OC(=O)C[C@@H](O)CCCCC)[C@H]6N5C3=O)C(=O)N4[C@@H]21. The number of nitrogens with zero attached hydrogens (tertiary/aromatic N) is 2. The average molecular weight is 705 g/mol. The minimum Gasteiger partial charge on any atom is -0.473 e. The minimum absolute atomic E-state index is 0.147. The number of amides is 2. The van der Waals surface area contributed by atoms with Crippen LogP contribution in [0, 0.1) is 0 Å². The highest BCUT2D eigenvalue weighted by Crippen LogP contribution is 2.69. The van der Waals surface area contributed by atoms with Gasteiger partial charge in [0.2, 0.25) is 0 Å². The maximum Gasteiger partial charge on any atom is 0.309 e. The zero-order valence-electron chi connectivity index (χ0n) is 27.3. The largest absolute Gasteiger partial charge is 0.473 e. The Kier molecular flexibility index (Phi) is 10.5. The quantitative estimate of drug-likeness (QED) is 0.150. The van der Waals surface area contributed by atoms with Crippen molar-refractivity contribution in [3.8, 4) is 0 Å². The lowest BCUT2D eigenvalue weighted by atomic mass is 10.0. The third-order valence-electron chi connectivity index (χ3n) is 9.78. The average Bonchev–Trinajstić information content (AvgIpc) is 3.41. The van der Waals surface area contributed by atoms with Gasteiger partial charge in [-0.2, -0.15) is 0 Å². The van der Waals surface area contributed by atoms with Gasteiger partial charge in [-0.1, -0.05) is 74.0 Å². The number of carbonyl (C=O) groups excluding carboxylic acids is 4. The third kappa shape index (κ3) is 6.29. The van der Waals surface area contributed by atoms with Crippen LogP contribution in [-0.2, 0) is 38.1 Å². The van der Waals surface area contributed by atoms with E-state index in [1.165, 1.54) is 46.6 Å². The molecule has 5 fully saturated rings. The second-order valence-corrected chi connectivity index (χ2v) is 15.9. The second-order valence-electron chi connectivity index (χ2n) is 13.3. The fraction of sp³-hybridized carbons (Fsp3) is 0.647. The van der Waals surface area contributed by atoms with E-state index < -0.39 is 58.2 Å². The van der Waals surface area contributed by atoms with E-state index in [4.69, 9.17) is 18.9 Å². The zero-order valence-corrected chi connectivity index (χ0v) is 28.9. The van der Waals surface area contributed by atoms with E-state index in [2.05, 4.69) is 13.8 Å². The van der Waals surface area contributed by atoms with E-state index in [9.17, 15) is 29.4 Å². The number of aliphatic hydroxyl groups is 2. The number of rotatable bonds is 14. The van der Waals surface area contributed by atoms with E-state index in [0.29, 0.717) is 24.0 Å². The van der Waals surface area contributed by atoms with Gasteiger partial charge in [0.05, 0.1) is 62.2 Å². The van der Waals surface area contributed by atoms with Crippen LogP contribution in [0.3, 0.4) is 0 Å². The van der Waals surface area contributed by atoms with Gasteiger partial charge < -0.3 is 39.0 Å². The fourth-order valence-electron chi connectivity index (χ4n) is 7.48. The van der Waals surface area contributed by atoms with Crippen molar-refractivity contribution < 1.29 is 48.3 Å². The van der Waals surface area contributed by atoms with Crippen molar-refractivity contribution in [1.29, 1.82) is 0 Å². The molecule has 0 aromatic heterocycles. The molecule has 2 N–H and O–H groups in total. The van der Waals surface area contributed by atoms with Crippen LogP contribution in [0.1, 0.15) is 90.9 Å². The third-order valence-corrected chi connectivity index (χ3v) is 13.4. The lowest BCUT2D eigenvalue weighted by Gasteiger charge is -2.58. The Bertz CT molecular complexity index is 1310. The maximum absolute atomic E-state index is 14.8. The molecule has 0 aromatic carbocycles. The summed E-state index contributed by atoms with van der Waals surface area (Å²) in [7, 11) is 2.62. The maximum atomic E-state index is 14.8. The zero-order chi connectivity index (χ0) is 34.1. The van der Waals surface area contributed by atoms with Gasteiger partial charge in [0.1, 0.15) is 12.2 Å². The van der Waals surface area contributed by atoms with Crippen LogP contribution < -0.4 is 0 Å². The molecule has 2 spiro atoms. The van der Waals surface area contributed by atoms with E-state index in [1.807, 2.05) is 0 Å². The van der Waals surface area contributed by atoms with Crippen LogP contribution in [0.15, 0.2) is 48.3 Å². The molecule has 7 aliphatic rings. The summed E-state index contributed by atoms with van der Waals surface area (Å²) in [5, 5.41) is 20.8. The highest BCUT2D eigenvalue weighted by molar-refractivity contribution is 8.78. The summed E-state index contributed by atoms with van der Waals surface area (Å²) < 4.78 is 22.9. The summed E-state index contributed by atoms with van der Waals surface area (Å²) in [4.78, 5) is 56.0. The molecular formula is C34H44N2O10S2. The van der Waals surface area contributed by atoms with Crippen LogP contribution in [0.4, 0.5) is 0 Å². The summed E-state index contributed by atoms with van der Waals surface area (Å²) in [6, 6.07) is -1.57. The molecule has 14 heteroatoms. The number of piperazine rings is 1. The molecule has 0 aromatic rings. The van der Waals surface area contributed by atoms with Crippen LogP contribution in [-0.4, -0.2) is 90.0 Å². The number of fused-ring (bicyclic) bond motifs is 3. The number of hydrogen-bond acceptors (Lipinski definition) is 12. The van der Waals surface area contributed by atoms with Gasteiger partial charge in [-0.15, -0.1) is 0 Å². The molecule has 7 aliphatic heterocycles. The van der Waals surface area contributed by atoms with E-state index >= 15 is 0 Å². The predicted octanol–water partition coefficient (Wildman–Crippen LogP) is 4.33. The van der Waals surface area contributed by atoms with Gasteiger partial charge in [0, 0.05) is 12.8 Å². The van der Waals surface area contributed by atoms with Crippen molar-refractivity contribution >= 4 is 45.3 Å². The van der Waals surface area contributed by atoms with Crippen LogP contribution in [0.2, 0.25) is 0 Å². The lowest BCUT2D eigenvalue weighted by molar-refractivity contribution is -0.172. The smallest absolute Gasteiger partial charge is 0.309 e. The van der Waals surface area contributed by atoms with Crippen molar-refractivity contribution in [2.75, 3.05) is 0 Å². The first-order valence-electron chi connectivity index (χ1n) is 17.0. The van der Waals surface area contributed by atoms with Crippen molar-refractivity contribution in [3.63, 3.8) is 0 Å². The Balaban J connectivity index is 1.23. The lowest BCUT2D eigenvalue weighted by Crippen LogP contribution is -2.77. The minimum atomic E-state index is -1.35. The van der Waals surface area contributed by atoms with Gasteiger partial charge >= 0.3 is 11.9 Å². The molecule has 0 saturated carbocycles. The Morgan fingerprint density at radius 1 is 0.792 bits per heavy atom. The molecule has 2 amide bonds. The standard InChI is InChI=1S/C34H44N2O10S2/c1-3-5-7-9-23(37)15-27(39)45-25-11-13-43-19-21-17-33-32(42)36-30-22(18-34(36,48-47-33)31(41)35(33)29(21)25)20-44-14-12-26(30)46-28(40)16-24(38)10-8-6-4-2/h11-14,19-20,23-26,29-30,37-38H,3-10,15-18H2,1-2H3/t23-,24-,25-,26-,29-,30-,33+,34+/m0/s1. The molecule has 0 unspecified atom stereocenters. The Morgan fingerprint density at radius 3 is 1.60 bits per heavy atom. The molecule has 7 rings (SSSR count). The van der Waals surface area contributed by atoms with Crippen molar-refractivity contribution in [1.82, 2.24) is 9.80 Å². The van der Waals surface area contributed by atoms with Gasteiger partial charge in [0.15, 0.2) is 9.74 Å². The Morgan fingerprint density at radius 2 is 1.21 bits per heavy atom. The van der Waals surface area contributed by atoms with Crippen molar-refractivity contribution in [3.05, 3.63) is 48.3 Å². The number of ether oxygens (including phenoxy) is 4. The van der Waals surface area contributed by atoms with Crippen LogP contribution in [0.5, 0.6) is 0 Å². The summed E-state index contributed by atoms with van der Waals surface area (Å²) in [6.07, 6.45) is 11.8. The molecular weight excluding hydrogens is 661 g/mol. The van der Waals surface area contributed by atoms with E-state index in [0.717, 1.165) is 38.5 Å². The predicted molar refractivity (Wildman–Crippen MR) is 177 cm³/mol. The van der Waals surface area contributed by atoms with Crippen molar-refractivity contribution in [2.45, 2.75) is 137 Å². The molecule has 0 aliphatic carbocycles. The van der Waals surface area contributed by atoms with E-state index in [-0.39, 0.29) is 37.5 Å². The molecule has 48 heavy (non-hydrogen) atoms. The first-order chi connectivity index (χ1) is 23.1. The number of unbranched alkanes of at least 4 members (excludes halogenated alkanes) is 4. The molecule has 8 atom stereocenters. The first-order valence-corrected chi connectivity index (χ1v) is 19.1. The molecule has 262 valence electrons. The fourth-order valence-corrected chi connectivity index (χ4v) is 11.2. The van der Waals surface area contributed by atoms with Gasteiger partial charge in [-0.05, 0) is 36.1 Å². The van der Waals surface area contributed by atoms with Gasteiger partial charge in [-0.3, -0.25) is 19.2 Å². The normalized spacial score (nSPS) is 32.4. The number of aliphatic hydroxyl groups excluding tert-OH is 2. The summed E-state index contributed by atoms with van der Waals surface area (Å²) in [5.74, 6) is -1.83. The first kappa shape index (κ1) is 34.9.